The van der Waals surface area contributed by atoms with Crippen LogP contribution in [0.4, 0.5) is 19.3 Å². The summed E-state index contributed by atoms with van der Waals surface area (Å²) in [6, 6.07) is 6.37. The molecule has 1 rings (SSSR count). The maximum Gasteiger partial charge on any atom is 0.321 e. The Morgan fingerprint density at radius 1 is 1.53 bits per heavy atom. The number of rotatable bonds is 4. The van der Waals surface area contributed by atoms with Crippen molar-refractivity contribution in [1.29, 1.82) is 0 Å². The second-order valence-electron chi connectivity index (χ2n) is 3.61. The predicted octanol–water partition coefficient (Wildman–Crippen LogP) is 1.87. The van der Waals surface area contributed by atoms with Gasteiger partial charge in [0.25, 0.3) is 6.43 Å². The number of alkyl halides is 2. The van der Waals surface area contributed by atoms with E-state index in [1.165, 1.54) is 7.05 Å². The number of anilines is 1. The summed E-state index contributed by atoms with van der Waals surface area (Å²) in [6.07, 6.45) is -2.54. The Labute approximate surface area is 98.4 Å². The number of nitrogens with zero attached hydrogens (tertiary/aromatic N) is 1. The van der Waals surface area contributed by atoms with Crippen LogP contribution in [-0.2, 0) is 6.54 Å². The smallest absolute Gasteiger partial charge is 0.321 e. The summed E-state index contributed by atoms with van der Waals surface area (Å²) >= 11 is 0. The van der Waals surface area contributed by atoms with Crippen molar-refractivity contribution in [2.45, 2.75) is 13.0 Å². The van der Waals surface area contributed by atoms with Crippen molar-refractivity contribution < 1.29 is 13.6 Å². The van der Waals surface area contributed by atoms with Gasteiger partial charge in [0, 0.05) is 19.3 Å². The monoisotopic (exact) mass is 243 g/mol. The largest absolute Gasteiger partial charge is 0.326 e. The van der Waals surface area contributed by atoms with E-state index in [1.54, 1.807) is 18.2 Å². The quantitative estimate of drug-likeness (QED) is 0.848. The van der Waals surface area contributed by atoms with Crippen LogP contribution in [0.1, 0.15) is 5.56 Å². The summed E-state index contributed by atoms with van der Waals surface area (Å²) < 4.78 is 24.1. The highest BCUT2D eigenvalue weighted by atomic mass is 19.3. The molecule has 4 nitrogen and oxygen atoms in total. The second-order valence-corrected chi connectivity index (χ2v) is 3.61. The average molecular weight is 243 g/mol. The van der Waals surface area contributed by atoms with E-state index in [2.05, 4.69) is 5.32 Å². The molecule has 0 atom stereocenters. The van der Waals surface area contributed by atoms with Gasteiger partial charge in [-0.25, -0.2) is 13.6 Å². The van der Waals surface area contributed by atoms with Crippen molar-refractivity contribution in [3.63, 3.8) is 0 Å². The molecule has 3 N–H and O–H groups in total. The molecule has 17 heavy (non-hydrogen) atoms. The maximum atomic E-state index is 12.1. The van der Waals surface area contributed by atoms with Crippen LogP contribution in [0.25, 0.3) is 0 Å². The van der Waals surface area contributed by atoms with Crippen molar-refractivity contribution in [2.75, 3.05) is 18.9 Å². The molecular weight excluding hydrogens is 228 g/mol. The maximum absolute atomic E-state index is 12.1. The lowest BCUT2D eigenvalue weighted by molar-refractivity contribution is 0.111. The molecule has 0 bridgehead atoms. The van der Waals surface area contributed by atoms with E-state index < -0.39 is 19.0 Å². The predicted molar refractivity (Wildman–Crippen MR) is 62.0 cm³/mol. The zero-order chi connectivity index (χ0) is 12.8. The Balaban J connectivity index is 2.61. The van der Waals surface area contributed by atoms with Crippen LogP contribution in [0, 0.1) is 0 Å². The topological polar surface area (TPSA) is 58.4 Å². The van der Waals surface area contributed by atoms with Gasteiger partial charge >= 0.3 is 6.03 Å². The molecule has 1 aromatic rings. The lowest BCUT2D eigenvalue weighted by Gasteiger charge is -2.17. The summed E-state index contributed by atoms with van der Waals surface area (Å²) in [5.41, 5.74) is 6.85. The first-order valence-corrected chi connectivity index (χ1v) is 5.12. The fraction of sp³-hybridized carbons (Fsp3) is 0.364. The number of urea groups is 1. The van der Waals surface area contributed by atoms with Gasteiger partial charge in [-0.15, -0.1) is 0 Å². The van der Waals surface area contributed by atoms with Crippen LogP contribution in [0.2, 0.25) is 0 Å². The number of amides is 2. The minimum atomic E-state index is -2.54. The van der Waals surface area contributed by atoms with Crippen LogP contribution >= 0.6 is 0 Å². The Morgan fingerprint density at radius 3 is 2.82 bits per heavy atom. The van der Waals surface area contributed by atoms with Gasteiger partial charge in [-0.1, -0.05) is 12.1 Å². The van der Waals surface area contributed by atoms with E-state index in [-0.39, 0.29) is 0 Å². The molecule has 0 fully saturated rings. The lowest BCUT2D eigenvalue weighted by atomic mass is 10.2. The number of carbonyl (C=O) groups is 1. The van der Waals surface area contributed by atoms with Crippen LogP contribution in [-0.4, -0.2) is 30.9 Å². The molecule has 0 radical (unpaired) electrons. The van der Waals surface area contributed by atoms with Gasteiger partial charge in [0.05, 0.1) is 6.54 Å². The Bertz CT molecular complexity index is 385. The van der Waals surface area contributed by atoms with Gasteiger partial charge in [0.2, 0.25) is 0 Å². The van der Waals surface area contributed by atoms with Crippen molar-refractivity contribution in [3.05, 3.63) is 29.8 Å². The first-order valence-electron chi connectivity index (χ1n) is 5.12. The normalized spacial score (nSPS) is 10.4. The molecule has 94 valence electrons. The number of hydrogen-bond donors (Lipinski definition) is 2. The van der Waals surface area contributed by atoms with Crippen molar-refractivity contribution in [1.82, 2.24) is 4.90 Å². The zero-order valence-electron chi connectivity index (χ0n) is 9.49. The summed E-state index contributed by atoms with van der Waals surface area (Å²) in [6.45, 7) is -0.237. The Hall–Kier alpha value is -1.69. The van der Waals surface area contributed by atoms with E-state index in [0.29, 0.717) is 12.2 Å². The van der Waals surface area contributed by atoms with Crippen molar-refractivity contribution in [3.8, 4) is 0 Å². The zero-order valence-corrected chi connectivity index (χ0v) is 9.49. The molecule has 0 aliphatic carbocycles. The van der Waals surface area contributed by atoms with Gasteiger partial charge in [0.15, 0.2) is 0 Å². The molecule has 1 aromatic carbocycles. The highest BCUT2D eigenvalue weighted by Gasteiger charge is 2.13. The number of halogens is 2. The number of carbonyl (C=O) groups excluding carboxylic acids is 1. The Kier molecular flexibility index (Phi) is 4.84. The molecule has 0 aromatic heterocycles. The van der Waals surface area contributed by atoms with Gasteiger partial charge in [0.1, 0.15) is 0 Å². The molecule has 0 spiro atoms. The molecule has 0 heterocycles. The van der Waals surface area contributed by atoms with Gasteiger partial charge in [-0.05, 0) is 17.7 Å². The first kappa shape index (κ1) is 13.4. The Morgan fingerprint density at radius 2 is 2.24 bits per heavy atom. The fourth-order valence-electron chi connectivity index (χ4n) is 1.28. The van der Waals surface area contributed by atoms with E-state index in [4.69, 9.17) is 5.73 Å². The number of benzene rings is 1. The molecular formula is C11H15F2N3O. The standard InChI is InChI=1S/C11H15F2N3O/c1-16(7-10(12)13)11(17)15-9-4-2-3-8(5-9)6-14/h2-5,10H,6-7,14H2,1H3,(H,15,17). The average Bonchev–Trinajstić information content (AvgIpc) is 2.28. The highest BCUT2D eigenvalue weighted by molar-refractivity contribution is 5.89. The van der Waals surface area contributed by atoms with Crippen LogP contribution in [0.15, 0.2) is 24.3 Å². The van der Waals surface area contributed by atoms with E-state index >= 15 is 0 Å². The fourth-order valence-corrected chi connectivity index (χ4v) is 1.28. The third kappa shape index (κ3) is 4.36. The van der Waals surface area contributed by atoms with Gasteiger partial charge in [-0.2, -0.15) is 0 Å². The van der Waals surface area contributed by atoms with Gasteiger partial charge < -0.3 is 16.0 Å². The molecule has 2 amide bonds. The minimum absolute atomic E-state index is 0.358. The van der Waals surface area contributed by atoms with Gasteiger partial charge in [-0.3, -0.25) is 0 Å². The summed E-state index contributed by atoms with van der Waals surface area (Å²) in [7, 11) is 1.31. The number of hydrogen-bond acceptors (Lipinski definition) is 2. The highest BCUT2D eigenvalue weighted by Crippen LogP contribution is 2.11. The molecule has 6 heteroatoms. The third-order valence-corrected chi connectivity index (χ3v) is 2.17. The van der Waals surface area contributed by atoms with Crippen molar-refractivity contribution >= 4 is 11.7 Å². The number of nitrogens with one attached hydrogen (secondary N) is 1. The SMILES string of the molecule is CN(CC(F)F)C(=O)Nc1cccc(CN)c1. The summed E-state index contributed by atoms with van der Waals surface area (Å²) in [5, 5.41) is 2.52. The summed E-state index contributed by atoms with van der Waals surface area (Å²) in [4.78, 5) is 12.4. The van der Waals surface area contributed by atoms with Crippen LogP contribution in [0.5, 0.6) is 0 Å². The first-order chi connectivity index (χ1) is 8.02. The molecule has 0 aliphatic heterocycles. The lowest BCUT2D eigenvalue weighted by Crippen LogP contribution is -2.34. The second kappa shape index (κ2) is 6.15. The molecule has 0 unspecified atom stereocenters. The molecule has 0 aliphatic rings. The van der Waals surface area contributed by atoms with Crippen LogP contribution < -0.4 is 11.1 Å². The van der Waals surface area contributed by atoms with Crippen LogP contribution in [0.3, 0.4) is 0 Å². The number of nitrogens with two attached hydrogens (primary N) is 1. The molecule has 0 saturated heterocycles. The van der Waals surface area contributed by atoms with E-state index in [9.17, 15) is 13.6 Å². The minimum Gasteiger partial charge on any atom is -0.326 e. The third-order valence-electron chi connectivity index (χ3n) is 2.17. The van der Waals surface area contributed by atoms with Crippen molar-refractivity contribution in [2.24, 2.45) is 5.73 Å². The van der Waals surface area contributed by atoms with E-state index in [0.717, 1.165) is 10.5 Å². The molecule has 0 saturated carbocycles. The summed E-state index contributed by atoms with van der Waals surface area (Å²) in [5.74, 6) is 0. The van der Waals surface area contributed by atoms with E-state index in [1.807, 2.05) is 6.07 Å².